The lowest BCUT2D eigenvalue weighted by Crippen LogP contribution is -2.41. The van der Waals surface area contributed by atoms with Gasteiger partial charge >= 0.3 is 5.97 Å². The highest BCUT2D eigenvalue weighted by Crippen LogP contribution is 2.44. The van der Waals surface area contributed by atoms with E-state index in [9.17, 15) is 9.59 Å². The Balaban J connectivity index is 2.22. The van der Waals surface area contributed by atoms with Gasteiger partial charge in [-0.3, -0.25) is 4.79 Å². The molecule has 0 saturated heterocycles. The summed E-state index contributed by atoms with van der Waals surface area (Å²) in [5.74, 6) is -1.03. The van der Waals surface area contributed by atoms with Crippen LogP contribution in [0.5, 0.6) is 0 Å². The van der Waals surface area contributed by atoms with Crippen LogP contribution in [-0.4, -0.2) is 24.1 Å². The second-order valence-corrected chi connectivity index (χ2v) is 5.60. The molecular formula is C16H21NO4. The smallest absolute Gasteiger partial charge is 0.335 e. The molecule has 1 saturated carbocycles. The third kappa shape index (κ3) is 3.24. The summed E-state index contributed by atoms with van der Waals surface area (Å²) < 4.78 is 5.04. The second kappa shape index (κ2) is 6.26. The highest BCUT2D eigenvalue weighted by atomic mass is 16.5. The van der Waals surface area contributed by atoms with Crippen LogP contribution in [0.4, 0.5) is 5.69 Å². The van der Waals surface area contributed by atoms with Gasteiger partial charge in [0.25, 0.3) is 0 Å². The number of rotatable bonds is 6. The maximum absolute atomic E-state index is 12.4. The van der Waals surface area contributed by atoms with Gasteiger partial charge in [-0.05, 0) is 43.0 Å². The van der Waals surface area contributed by atoms with Crippen molar-refractivity contribution in [2.45, 2.75) is 39.2 Å². The Hall–Kier alpha value is -1.88. The molecule has 1 fully saturated rings. The van der Waals surface area contributed by atoms with Crippen LogP contribution in [0.3, 0.4) is 0 Å². The molecule has 5 nitrogen and oxygen atoms in total. The number of ether oxygens (including phenoxy) is 1. The molecule has 0 aromatic heterocycles. The summed E-state index contributed by atoms with van der Waals surface area (Å²) in [4.78, 5) is 23.6. The molecule has 0 bridgehead atoms. The standard InChI is InChI=1S/C16H21NO4/c1-3-16(5-4-6-16)15(20)17-13-8-11(10-21-2)7-12(9-13)14(18)19/h7-9H,3-6,10H2,1-2H3,(H,17,20)(H,18,19). The van der Waals surface area contributed by atoms with Crippen LogP contribution in [0, 0.1) is 5.41 Å². The van der Waals surface area contributed by atoms with Gasteiger partial charge in [0.2, 0.25) is 5.91 Å². The predicted octanol–water partition coefficient (Wildman–Crippen LogP) is 3.05. The molecule has 0 unspecified atom stereocenters. The number of nitrogens with one attached hydrogen (secondary N) is 1. The highest BCUT2D eigenvalue weighted by molar-refractivity contribution is 5.97. The molecule has 1 amide bonds. The van der Waals surface area contributed by atoms with Crippen LogP contribution in [0.25, 0.3) is 0 Å². The van der Waals surface area contributed by atoms with Gasteiger partial charge in [0.15, 0.2) is 0 Å². The lowest BCUT2D eigenvalue weighted by Gasteiger charge is -2.39. The van der Waals surface area contributed by atoms with Crippen LogP contribution in [0.15, 0.2) is 18.2 Å². The van der Waals surface area contributed by atoms with Crippen molar-refractivity contribution in [2.75, 3.05) is 12.4 Å². The summed E-state index contributed by atoms with van der Waals surface area (Å²) in [6.07, 6.45) is 3.69. The fraction of sp³-hybridized carbons (Fsp3) is 0.500. The summed E-state index contributed by atoms with van der Waals surface area (Å²) in [6.45, 7) is 2.33. The number of amides is 1. The van der Waals surface area contributed by atoms with Crippen molar-refractivity contribution < 1.29 is 19.4 Å². The van der Waals surface area contributed by atoms with Gasteiger partial charge in [-0.1, -0.05) is 13.3 Å². The number of anilines is 1. The van der Waals surface area contributed by atoms with Gasteiger partial charge in [-0.25, -0.2) is 4.79 Å². The van der Waals surface area contributed by atoms with E-state index in [0.717, 1.165) is 31.2 Å². The first-order valence-electron chi connectivity index (χ1n) is 7.18. The molecule has 0 heterocycles. The lowest BCUT2D eigenvalue weighted by molar-refractivity contribution is -0.130. The van der Waals surface area contributed by atoms with E-state index in [4.69, 9.17) is 9.84 Å². The van der Waals surface area contributed by atoms with Crippen molar-refractivity contribution in [1.82, 2.24) is 0 Å². The molecule has 21 heavy (non-hydrogen) atoms. The Labute approximate surface area is 124 Å². The number of hydrogen-bond acceptors (Lipinski definition) is 3. The molecule has 2 N–H and O–H groups in total. The van der Waals surface area contributed by atoms with Crippen LogP contribution < -0.4 is 5.32 Å². The molecule has 1 aliphatic rings. The SMILES string of the molecule is CCC1(C(=O)Nc2cc(COC)cc(C(=O)O)c2)CCC1. The van der Waals surface area contributed by atoms with E-state index in [1.807, 2.05) is 6.92 Å². The molecule has 0 atom stereocenters. The van der Waals surface area contributed by atoms with Crippen LogP contribution >= 0.6 is 0 Å². The zero-order valence-electron chi connectivity index (χ0n) is 12.4. The van der Waals surface area contributed by atoms with E-state index in [0.29, 0.717) is 12.3 Å². The van der Waals surface area contributed by atoms with Crippen molar-refractivity contribution in [3.63, 3.8) is 0 Å². The number of aromatic carboxylic acids is 1. The first kappa shape index (κ1) is 15.5. The molecule has 0 spiro atoms. The lowest BCUT2D eigenvalue weighted by atomic mass is 9.66. The third-order valence-electron chi connectivity index (χ3n) is 4.28. The number of carbonyl (C=O) groups is 2. The summed E-state index contributed by atoms with van der Waals surface area (Å²) >= 11 is 0. The Morgan fingerprint density at radius 3 is 2.52 bits per heavy atom. The number of hydrogen-bond donors (Lipinski definition) is 2. The van der Waals surface area contributed by atoms with Crippen molar-refractivity contribution in [1.29, 1.82) is 0 Å². The monoisotopic (exact) mass is 291 g/mol. The van der Waals surface area contributed by atoms with Crippen molar-refractivity contribution >= 4 is 17.6 Å². The van der Waals surface area contributed by atoms with Crippen LogP contribution in [0.2, 0.25) is 0 Å². The molecule has 1 aromatic rings. The molecule has 114 valence electrons. The number of carbonyl (C=O) groups excluding carboxylic acids is 1. The van der Waals surface area contributed by atoms with E-state index >= 15 is 0 Å². The predicted molar refractivity (Wildman–Crippen MR) is 79.3 cm³/mol. The van der Waals surface area contributed by atoms with Gasteiger partial charge in [0, 0.05) is 18.2 Å². The number of benzene rings is 1. The fourth-order valence-electron chi connectivity index (χ4n) is 2.75. The number of methoxy groups -OCH3 is 1. The fourth-order valence-corrected chi connectivity index (χ4v) is 2.75. The van der Waals surface area contributed by atoms with Crippen molar-refractivity contribution in [3.05, 3.63) is 29.3 Å². The number of carboxylic acid groups (broad SMARTS) is 1. The first-order chi connectivity index (χ1) is 10.0. The minimum atomic E-state index is -1.02. The van der Waals surface area contributed by atoms with Crippen molar-refractivity contribution in [3.8, 4) is 0 Å². The summed E-state index contributed by atoms with van der Waals surface area (Å²) in [5, 5.41) is 12.0. The maximum Gasteiger partial charge on any atom is 0.335 e. The maximum atomic E-state index is 12.4. The quantitative estimate of drug-likeness (QED) is 0.844. The molecule has 1 aliphatic carbocycles. The number of carboxylic acids is 1. The van der Waals surface area contributed by atoms with Gasteiger partial charge in [-0.15, -0.1) is 0 Å². The minimum Gasteiger partial charge on any atom is -0.478 e. The molecular weight excluding hydrogens is 270 g/mol. The molecule has 1 aromatic carbocycles. The largest absolute Gasteiger partial charge is 0.478 e. The Morgan fingerprint density at radius 2 is 2.05 bits per heavy atom. The third-order valence-corrected chi connectivity index (χ3v) is 4.28. The van der Waals surface area contributed by atoms with E-state index in [1.165, 1.54) is 6.07 Å². The average molecular weight is 291 g/mol. The Kier molecular flexibility index (Phi) is 4.63. The van der Waals surface area contributed by atoms with Crippen molar-refractivity contribution in [2.24, 2.45) is 5.41 Å². The average Bonchev–Trinajstić information content (AvgIpc) is 2.38. The molecule has 5 heteroatoms. The Morgan fingerprint density at radius 1 is 1.33 bits per heavy atom. The van der Waals surface area contributed by atoms with Crippen LogP contribution in [0.1, 0.15) is 48.5 Å². The Bertz CT molecular complexity index is 544. The normalized spacial score (nSPS) is 16.1. The second-order valence-electron chi connectivity index (χ2n) is 5.60. The van der Waals surface area contributed by atoms with Gasteiger partial charge in [0.1, 0.15) is 0 Å². The molecule has 0 radical (unpaired) electrons. The first-order valence-corrected chi connectivity index (χ1v) is 7.18. The van der Waals surface area contributed by atoms with Gasteiger partial charge < -0.3 is 15.2 Å². The van der Waals surface area contributed by atoms with Crippen LogP contribution in [-0.2, 0) is 16.1 Å². The zero-order valence-corrected chi connectivity index (χ0v) is 12.4. The van der Waals surface area contributed by atoms with Gasteiger partial charge in [0.05, 0.1) is 12.2 Å². The van der Waals surface area contributed by atoms with E-state index in [1.54, 1.807) is 19.2 Å². The molecule has 2 rings (SSSR count). The summed E-state index contributed by atoms with van der Waals surface area (Å²) in [5.41, 5.74) is 1.12. The zero-order chi connectivity index (χ0) is 15.5. The molecule has 0 aliphatic heterocycles. The van der Waals surface area contributed by atoms with Gasteiger partial charge in [-0.2, -0.15) is 0 Å². The minimum absolute atomic E-state index is 0.0119. The van der Waals surface area contributed by atoms with E-state index in [2.05, 4.69) is 5.32 Å². The van der Waals surface area contributed by atoms with E-state index < -0.39 is 5.97 Å². The highest BCUT2D eigenvalue weighted by Gasteiger charge is 2.42. The topological polar surface area (TPSA) is 75.6 Å². The summed E-state index contributed by atoms with van der Waals surface area (Å²) in [7, 11) is 1.55. The van der Waals surface area contributed by atoms with E-state index in [-0.39, 0.29) is 16.9 Å². The summed E-state index contributed by atoms with van der Waals surface area (Å²) in [6, 6.07) is 4.80.